The molecule has 0 aliphatic carbocycles. The minimum absolute atomic E-state index is 0.0461. The van der Waals surface area contributed by atoms with Gasteiger partial charge in [0.05, 0.1) is 23.7 Å². The second-order valence-electron chi connectivity index (χ2n) is 11.7. The fourth-order valence-electron chi connectivity index (χ4n) is 5.84. The van der Waals surface area contributed by atoms with Crippen molar-refractivity contribution in [1.29, 1.82) is 0 Å². The summed E-state index contributed by atoms with van der Waals surface area (Å²) >= 11 is 0. The van der Waals surface area contributed by atoms with Gasteiger partial charge in [0.25, 0.3) is 0 Å². The van der Waals surface area contributed by atoms with Gasteiger partial charge in [-0.15, -0.1) is 0 Å². The van der Waals surface area contributed by atoms with Gasteiger partial charge in [-0.2, -0.15) is 22.0 Å². The lowest BCUT2D eigenvalue weighted by Crippen LogP contribution is -2.26. The van der Waals surface area contributed by atoms with E-state index < -0.39 is 86.5 Å². The van der Waals surface area contributed by atoms with Crippen LogP contribution in [0.15, 0.2) is 48.5 Å². The quantitative estimate of drug-likeness (QED) is 0.0983. The first kappa shape index (κ1) is 36.0. The monoisotopic (exact) mass is 700 g/mol. The maximum atomic E-state index is 15.1. The SMILES string of the molecule is CCCCCC1CCC(c2cc(F)c(C(F)(F)Oc3ccc(-c4cc(F)c5c(F)c(C#CC(F)(F)F)c(F)cc5c4)c(F)c3)c(F)c2)OC1. The molecular formula is C36H27F11O2. The van der Waals surface area contributed by atoms with E-state index >= 15 is 13.2 Å². The third-order valence-electron chi connectivity index (χ3n) is 8.22. The molecule has 49 heavy (non-hydrogen) atoms. The summed E-state index contributed by atoms with van der Waals surface area (Å²) < 4.78 is 167. The van der Waals surface area contributed by atoms with E-state index in [1.807, 2.05) is 0 Å². The van der Waals surface area contributed by atoms with E-state index in [0.717, 1.165) is 62.4 Å². The van der Waals surface area contributed by atoms with Gasteiger partial charge in [-0.1, -0.05) is 32.1 Å². The van der Waals surface area contributed by atoms with Gasteiger partial charge < -0.3 is 9.47 Å². The lowest BCUT2D eigenvalue weighted by Gasteiger charge is -2.30. The van der Waals surface area contributed by atoms with Gasteiger partial charge in [-0.25, -0.2) is 26.3 Å². The van der Waals surface area contributed by atoms with Crippen molar-refractivity contribution in [2.75, 3.05) is 6.61 Å². The first-order valence-electron chi connectivity index (χ1n) is 15.3. The zero-order valence-corrected chi connectivity index (χ0v) is 25.7. The molecule has 260 valence electrons. The van der Waals surface area contributed by atoms with Crippen LogP contribution in [0.2, 0.25) is 0 Å². The lowest BCUT2D eigenvalue weighted by atomic mass is 9.90. The fourth-order valence-corrected chi connectivity index (χ4v) is 5.84. The molecule has 2 atom stereocenters. The number of unbranched alkanes of at least 4 members (excludes halogenated alkanes) is 2. The Balaban J connectivity index is 1.35. The van der Waals surface area contributed by atoms with Crippen LogP contribution in [-0.4, -0.2) is 12.8 Å². The van der Waals surface area contributed by atoms with Gasteiger partial charge >= 0.3 is 12.3 Å². The van der Waals surface area contributed by atoms with Crippen LogP contribution in [0.25, 0.3) is 21.9 Å². The summed E-state index contributed by atoms with van der Waals surface area (Å²) in [5, 5.41) is -1.43. The summed E-state index contributed by atoms with van der Waals surface area (Å²) in [4.78, 5) is 0. The molecule has 4 aromatic carbocycles. The third kappa shape index (κ3) is 8.12. The highest BCUT2D eigenvalue weighted by Crippen LogP contribution is 2.40. The Morgan fingerprint density at radius 1 is 0.796 bits per heavy atom. The molecule has 0 aromatic heterocycles. The van der Waals surface area contributed by atoms with Gasteiger partial charge in [0.1, 0.15) is 40.4 Å². The molecule has 1 aliphatic heterocycles. The van der Waals surface area contributed by atoms with Crippen molar-refractivity contribution in [3.05, 3.63) is 100 Å². The average Bonchev–Trinajstić information content (AvgIpc) is 2.99. The number of hydrogen-bond acceptors (Lipinski definition) is 2. The van der Waals surface area contributed by atoms with Gasteiger partial charge in [-0.3, -0.25) is 0 Å². The van der Waals surface area contributed by atoms with Crippen LogP contribution < -0.4 is 4.74 Å². The number of fused-ring (bicyclic) bond motifs is 1. The van der Waals surface area contributed by atoms with Crippen molar-refractivity contribution in [3.63, 3.8) is 0 Å². The number of rotatable bonds is 9. The van der Waals surface area contributed by atoms with E-state index in [1.54, 1.807) is 0 Å². The minimum Gasteiger partial charge on any atom is -0.429 e. The zero-order chi connectivity index (χ0) is 35.7. The summed E-state index contributed by atoms with van der Waals surface area (Å²) in [7, 11) is 0. The lowest BCUT2D eigenvalue weighted by molar-refractivity contribution is -0.189. The standard InChI is InChI=1S/C36H27F11O2/c1-2-3-4-5-19-6-9-31(48-18-19)21-14-29(40)33(30(41)15-21)36(46,47)49-23-7-8-24(27(38)17-23)20-12-22-16-26(37)25(10-11-35(43,44)45)34(42)32(22)28(39)13-20/h7-8,12-17,19,31H,2-6,9,18H2,1H3. The van der Waals surface area contributed by atoms with E-state index in [2.05, 4.69) is 11.7 Å². The average molecular weight is 701 g/mol. The van der Waals surface area contributed by atoms with Crippen molar-refractivity contribution in [1.82, 2.24) is 0 Å². The number of alkyl halides is 5. The largest absolute Gasteiger partial charge is 0.458 e. The van der Waals surface area contributed by atoms with Crippen molar-refractivity contribution in [2.45, 2.75) is 63.8 Å². The van der Waals surface area contributed by atoms with Crippen molar-refractivity contribution < 1.29 is 57.8 Å². The molecule has 0 amide bonds. The maximum absolute atomic E-state index is 15.1. The predicted octanol–water partition coefficient (Wildman–Crippen LogP) is 11.4. The Bertz CT molecular complexity index is 1890. The van der Waals surface area contributed by atoms with Gasteiger partial charge in [0.15, 0.2) is 5.82 Å². The molecule has 5 rings (SSSR count). The van der Waals surface area contributed by atoms with Gasteiger partial charge in [-0.05, 0) is 84.2 Å². The van der Waals surface area contributed by atoms with Gasteiger partial charge in [0.2, 0.25) is 0 Å². The summed E-state index contributed by atoms with van der Waals surface area (Å²) in [5.41, 5.74) is -3.79. The number of hydrogen-bond donors (Lipinski definition) is 0. The molecule has 2 unspecified atom stereocenters. The Hall–Kier alpha value is -4.31. The number of halogens is 11. The molecular weight excluding hydrogens is 673 g/mol. The molecule has 2 nitrogen and oxygen atoms in total. The van der Waals surface area contributed by atoms with Crippen molar-refractivity contribution in [2.24, 2.45) is 5.92 Å². The number of ether oxygens (including phenoxy) is 2. The van der Waals surface area contributed by atoms with Crippen LogP contribution in [0, 0.1) is 52.7 Å². The highest BCUT2D eigenvalue weighted by molar-refractivity contribution is 5.90. The Kier molecular flexibility index (Phi) is 10.5. The topological polar surface area (TPSA) is 18.5 Å². The van der Waals surface area contributed by atoms with Crippen LogP contribution in [0.3, 0.4) is 0 Å². The first-order valence-corrected chi connectivity index (χ1v) is 15.3. The second-order valence-corrected chi connectivity index (χ2v) is 11.7. The van der Waals surface area contributed by atoms with E-state index in [4.69, 9.17) is 4.74 Å². The van der Waals surface area contributed by atoms with Crippen LogP contribution in [0.5, 0.6) is 5.75 Å². The smallest absolute Gasteiger partial charge is 0.429 e. The molecule has 1 saturated heterocycles. The van der Waals surface area contributed by atoms with E-state index in [0.29, 0.717) is 43.1 Å². The Morgan fingerprint density at radius 3 is 2.12 bits per heavy atom. The van der Waals surface area contributed by atoms with E-state index in [-0.39, 0.29) is 11.1 Å². The molecule has 0 radical (unpaired) electrons. The van der Waals surface area contributed by atoms with Crippen LogP contribution >= 0.6 is 0 Å². The van der Waals surface area contributed by atoms with Crippen LogP contribution in [0.4, 0.5) is 48.3 Å². The normalized spacial score (nSPS) is 16.8. The molecule has 1 fully saturated rings. The predicted molar refractivity (Wildman–Crippen MR) is 159 cm³/mol. The molecule has 13 heteroatoms. The summed E-state index contributed by atoms with van der Waals surface area (Å²) in [5.74, 6) is -7.77. The van der Waals surface area contributed by atoms with Crippen molar-refractivity contribution in [3.8, 4) is 28.7 Å². The molecule has 0 spiro atoms. The number of benzene rings is 4. The first-order chi connectivity index (χ1) is 23.1. The maximum Gasteiger partial charge on any atom is 0.458 e. The van der Waals surface area contributed by atoms with Gasteiger partial charge in [0, 0.05) is 17.6 Å². The van der Waals surface area contributed by atoms with E-state index in [9.17, 15) is 35.1 Å². The highest BCUT2D eigenvalue weighted by atomic mass is 19.4. The minimum atomic E-state index is -5.08. The molecule has 4 aromatic rings. The molecule has 1 aliphatic rings. The Labute approximate surface area is 273 Å². The summed E-state index contributed by atoms with van der Waals surface area (Å²) in [6.07, 6.45) is -5.03. The van der Waals surface area contributed by atoms with Crippen LogP contribution in [-0.2, 0) is 10.8 Å². The third-order valence-corrected chi connectivity index (χ3v) is 8.22. The highest BCUT2D eigenvalue weighted by Gasteiger charge is 2.42. The molecule has 0 bridgehead atoms. The summed E-state index contributed by atoms with van der Waals surface area (Å²) in [6, 6.07) is 5.56. The molecule has 0 saturated carbocycles. The zero-order valence-electron chi connectivity index (χ0n) is 25.7. The Morgan fingerprint density at radius 2 is 1.51 bits per heavy atom. The van der Waals surface area contributed by atoms with Crippen LogP contribution in [0.1, 0.15) is 68.2 Å². The second kappa shape index (κ2) is 14.3. The van der Waals surface area contributed by atoms with E-state index in [1.165, 1.54) is 5.92 Å². The molecule has 0 N–H and O–H groups in total. The van der Waals surface area contributed by atoms with Crippen molar-refractivity contribution >= 4 is 10.8 Å². The molecule has 1 heterocycles. The fraction of sp³-hybridized carbons (Fsp3) is 0.333. The summed E-state index contributed by atoms with van der Waals surface area (Å²) in [6.45, 7) is 2.46.